The molecule has 0 bridgehead atoms. The zero-order valence-corrected chi connectivity index (χ0v) is 28.3. The van der Waals surface area contributed by atoms with Crippen LogP contribution in [0.5, 0.6) is 0 Å². The second-order valence-electron chi connectivity index (χ2n) is 11.3. The van der Waals surface area contributed by atoms with Gasteiger partial charge in [-0.3, -0.25) is 9.89 Å². The van der Waals surface area contributed by atoms with Crippen molar-refractivity contribution in [2.45, 2.75) is 43.9 Å². The Bertz CT molecular complexity index is 2080. The number of halogens is 3. The minimum atomic E-state index is -4.92. The van der Waals surface area contributed by atoms with Gasteiger partial charge in [0.05, 0.1) is 23.2 Å². The van der Waals surface area contributed by atoms with Gasteiger partial charge in [-0.1, -0.05) is 42.5 Å². The van der Waals surface area contributed by atoms with Crippen molar-refractivity contribution in [1.82, 2.24) is 30.2 Å². The molecule has 0 saturated carbocycles. The third-order valence-corrected chi connectivity index (χ3v) is 9.10. The number of nitrogens with zero attached hydrogens (tertiary/aromatic N) is 2. The van der Waals surface area contributed by atoms with Crippen LogP contribution in [0.1, 0.15) is 34.8 Å². The van der Waals surface area contributed by atoms with E-state index in [9.17, 15) is 41.1 Å². The molecule has 1 atom stereocenters. The van der Waals surface area contributed by atoms with E-state index in [1.54, 1.807) is 38.2 Å². The normalized spacial score (nSPS) is 12.7. The van der Waals surface area contributed by atoms with E-state index >= 15 is 0 Å². The maximum Gasteiger partial charge on any atom is 0.490 e. The van der Waals surface area contributed by atoms with Crippen LogP contribution in [0.15, 0.2) is 84.1 Å². The van der Waals surface area contributed by atoms with Gasteiger partial charge in [0.25, 0.3) is 5.91 Å². The number of sulfonamides is 1. The molecule has 0 aliphatic carbocycles. The summed E-state index contributed by atoms with van der Waals surface area (Å²) in [5.74, 6) is -3.96. The summed E-state index contributed by atoms with van der Waals surface area (Å²) in [7, 11) is -4.34. The van der Waals surface area contributed by atoms with Crippen LogP contribution in [-0.4, -0.2) is 76.5 Å². The minimum absolute atomic E-state index is 0.0429. The molecule has 3 aromatic carbocycles. The van der Waals surface area contributed by atoms with Gasteiger partial charge in [-0.15, -0.1) is 0 Å². The molecular weight excluding hydrogens is 695 g/mol. The van der Waals surface area contributed by atoms with Gasteiger partial charge < -0.3 is 25.5 Å². The first kappa shape index (κ1) is 38.1. The largest absolute Gasteiger partial charge is 0.490 e. The van der Waals surface area contributed by atoms with Crippen LogP contribution in [-0.2, 0) is 24.3 Å². The molecule has 5 aromatic rings. The van der Waals surface area contributed by atoms with Crippen molar-refractivity contribution in [1.29, 1.82) is 0 Å². The number of ether oxygens (including phenoxy) is 1. The lowest BCUT2D eigenvalue weighted by molar-refractivity contribution is -0.199. The minimum Gasteiger partial charge on any atom is -0.478 e. The van der Waals surface area contributed by atoms with Crippen molar-refractivity contribution >= 4 is 44.7 Å². The molecule has 2 aromatic heterocycles. The SMILES string of the molecule is Cc1cc(-c2ccccc2)cc(C)c1S(=O)(=O)NC(C)(NC(=O)c1ccc2[nH]ncc2c1)C(=O)O.O=C(OCCCNc1ncc[nH]1)C(F)(F)F. The topological polar surface area (TPSA) is 208 Å². The number of imidazole rings is 1. The fourth-order valence-corrected chi connectivity index (χ4v) is 6.63. The summed E-state index contributed by atoms with van der Waals surface area (Å²) < 4.78 is 67.9. The molecule has 0 saturated heterocycles. The Morgan fingerprint density at radius 2 is 1.67 bits per heavy atom. The van der Waals surface area contributed by atoms with Crippen molar-refractivity contribution < 1.29 is 45.8 Å². The van der Waals surface area contributed by atoms with Crippen molar-refractivity contribution in [3.05, 3.63) is 95.9 Å². The number of alkyl halides is 3. The highest BCUT2D eigenvalue weighted by Crippen LogP contribution is 2.29. The number of aromatic amines is 2. The highest BCUT2D eigenvalue weighted by Gasteiger charge is 2.41. The molecular formula is C33H34F3N7O7S. The highest BCUT2D eigenvalue weighted by atomic mass is 32.2. The third-order valence-electron chi connectivity index (χ3n) is 7.24. The van der Waals surface area contributed by atoms with Gasteiger partial charge in [-0.05, 0) is 67.6 Å². The number of rotatable bonds is 12. The number of carbonyl (C=O) groups excluding carboxylic acids is 2. The standard InChI is InChI=1S/C25H24N4O5S.C8H10F3N3O2/c1-15-11-19(17-7-5-4-6-8-17)12-16(2)22(15)35(33,34)29-25(3,24(31)32)27-23(30)18-9-10-21-20(13-18)14-26-28-21;9-8(10,11)6(15)16-5-1-2-12-7-13-3-4-14-7/h4-14,29H,1-3H3,(H,26,28)(H,27,30)(H,31,32);3-4H,1-2,5H2,(H2,12,13,14). The van der Waals surface area contributed by atoms with Gasteiger partial charge in [-0.2, -0.15) is 23.0 Å². The number of aliphatic carboxylic acids is 1. The number of carboxylic acids is 1. The zero-order valence-electron chi connectivity index (χ0n) is 27.5. The summed E-state index contributed by atoms with van der Waals surface area (Å²) in [5.41, 5.74) is 1.20. The number of anilines is 1. The molecule has 14 nitrogen and oxygen atoms in total. The summed E-state index contributed by atoms with van der Waals surface area (Å²) in [6, 6.07) is 17.6. The Hall–Kier alpha value is -5.75. The number of hydrogen-bond donors (Lipinski definition) is 6. The summed E-state index contributed by atoms with van der Waals surface area (Å²) >= 11 is 0. The van der Waals surface area contributed by atoms with Crippen molar-refractivity contribution in [2.24, 2.45) is 0 Å². The predicted molar refractivity (Wildman–Crippen MR) is 180 cm³/mol. The Kier molecular flexibility index (Phi) is 11.8. The molecule has 1 unspecified atom stereocenters. The first-order valence-corrected chi connectivity index (χ1v) is 16.7. The first-order valence-electron chi connectivity index (χ1n) is 15.2. The molecule has 1 amide bonds. The fourth-order valence-electron chi connectivity index (χ4n) is 4.88. The lowest BCUT2D eigenvalue weighted by atomic mass is 10.0. The number of aromatic nitrogens is 4. The number of carbonyl (C=O) groups is 3. The molecule has 0 aliphatic rings. The van der Waals surface area contributed by atoms with E-state index < -0.39 is 39.7 Å². The second kappa shape index (κ2) is 15.9. The van der Waals surface area contributed by atoms with Crippen molar-refractivity contribution in [3.8, 4) is 11.1 Å². The van der Waals surface area contributed by atoms with E-state index in [1.807, 2.05) is 30.3 Å². The Morgan fingerprint density at radius 3 is 2.27 bits per heavy atom. The number of fused-ring (bicyclic) bond motifs is 1. The summed E-state index contributed by atoms with van der Waals surface area (Å²) in [6.45, 7) is 4.45. The molecule has 5 rings (SSSR count). The fraction of sp³-hybridized carbons (Fsp3) is 0.242. The van der Waals surface area contributed by atoms with E-state index in [2.05, 4.69) is 40.3 Å². The number of nitrogens with one attached hydrogen (secondary N) is 5. The van der Waals surface area contributed by atoms with E-state index in [-0.39, 0.29) is 23.5 Å². The second-order valence-corrected chi connectivity index (χ2v) is 12.9. The molecule has 18 heteroatoms. The maximum absolute atomic E-state index is 13.4. The van der Waals surface area contributed by atoms with Crippen LogP contribution < -0.4 is 15.4 Å². The van der Waals surface area contributed by atoms with Crippen LogP contribution in [0.4, 0.5) is 19.1 Å². The smallest absolute Gasteiger partial charge is 0.478 e. The number of carboxylic acid groups (broad SMARTS) is 1. The number of esters is 1. The lowest BCUT2D eigenvalue weighted by Gasteiger charge is -2.28. The van der Waals surface area contributed by atoms with Crippen LogP contribution in [0.25, 0.3) is 22.0 Å². The number of amides is 1. The number of H-pyrrole nitrogens is 2. The van der Waals surface area contributed by atoms with Crippen LogP contribution in [0.2, 0.25) is 0 Å². The number of benzene rings is 3. The zero-order chi connectivity index (χ0) is 37.4. The molecule has 0 radical (unpaired) electrons. The summed E-state index contributed by atoms with van der Waals surface area (Å²) in [4.78, 5) is 41.8. The lowest BCUT2D eigenvalue weighted by Crippen LogP contribution is -2.63. The quantitative estimate of drug-likeness (QED) is 0.0594. The summed E-state index contributed by atoms with van der Waals surface area (Å²) in [6.07, 6.45) is 0.00482. The highest BCUT2D eigenvalue weighted by molar-refractivity contribution is 7.89. The molecule has 51 heavy (non-hydrogen) atoms. The van der Waals surface area contributed by atoms with Gasteiger partial charge >= 0.3 is 18.1 Å². The molecule has 270 valence electrons. The molecule has 2 heterocycles. The van der Waals surface area contributed by atoms with Gasteiger partial charge in [0.15, 0.2) is 5.95 Å². The van der Waals surface area contributed by atoms with Crippen LogP contribution >= 0.6 is 0 Å². The number of aryl methyl sites for hydroxylation is 2. The Morgan fingerprint density at radius 1 is 0.980 bits per heavy atom. The Labute approximate surface area is 289 Å². The van der Waals surface area contributed by atoms with Crippen molar-refractivity contribution in [3.63, 3.8) is 0 Å². The molecule has 0 aliphatic heterocycles. The van der Waals surface area contributed by atoms with Gasteiger partial charge in [0.1, 0.15) is 0 Å². The molecule has 0 fully saturated rings. The average Bonchev–Trinajstić information content (AvgIpc) is 3.76. The van der Waals surface area contributed by atoms with E-state index in [4.69, 9.17) is 0 Å². The van der Waals surface area contributed by atoms with Crippen LogP contribution in [0.3, 0.4) is 0 Å². The van der Waals surface area contributed by atoms with E-state index in [1.165, 1.54) is 24.5 Å². The summed E-state index contributed by atoms with van der Waals surface area (Å²) in [5, 5.41) is 22.3. The predicted octanol–water partition coefficient (Wildman–Crippen LogP) is 4.67. The van der Waals surface area contributed by atoms with Crippen LogP contribution in [0, 0.1) is 13.8 Å². The maximum atomic E-state index is 13.4. The van der Waals surface area contributed by atoms with Gasteiger partial charge in [0, 0.05) is 29.9 Å². The number of hydrogen-bond acceptors (Lipinski definition) is 9. The molecule has 0 spiro atoms. The Balaban J connectivity index is 0.000000306. The van der Waals surface area contributed by atoms with Gasteiger partial charge in [-0.25, -0.2) is 23.0 Å². The molecule has 6 N–H and O–H groups in total. The van der Waals surface area contributed by atoms with Gasteiger partial charge in [0.2, 0.25) is 15.7 Å². The van der Waals surface area contributed by atoms with E-state index in [0.29, 0.717) is 34.5 Å². The average molecular weight is 730 g/mol. The monoisotopic (exact) mass is 729 g/mol. The first-order chi connectivity index (χ1) is 24.0. The van der Waals surface area contributed by atoms with E-state index in [0.717, 1.165) is 18.1 Å². The van der Waals surface area contributed by atoms with Crippen molar-refractivity contribution in [2.75, 3.05) is 18.5 Å². The third kappa shape index (κ3) is 9.92.